The molecule has 0 saturated heterocycles. The van der Waals surface area contributed by atoms with Crippen LogP contribution in [0.1, 0.15) is 17.5 Å². The van der Waals surface area contributed by atoms with E-state index in [4.69, 9.17) is 0 Å². The van der Waals surface area contributed by atoms with Crippen molar-refractivity contribution < 1.29 is 0 Å². The van der Waals surface area contributed by atoms with Crippen molar-refractivity contribution in [2.45, 2.75) is 18.8 Å². The fourth-order valence-electron chi connectivity index (χ4n) is 5.19. The zero-order chi connectivity index (χ0) is 24.0. The van der Waals surface area contributed by atoms with Gasteiger partial charge in [0.05, 0.1) is 24.6 Å². The summed E-state index contributed by atoms with van der Waals surface area (Å²) in [6.07, 6.45) is -1.82. The number of hydrogen-bond acceptors (Lipinski definition) is 3. The van der Waals surface area contributed by atoms with Crippen LogP contribution in [0.4, 0.5) is 0 Å². The quantitative estimate of drug-likeness (QED) is 0.320. The molecule has 35 heavy (non-hydrogen) atoms. The highest BCUT2D eigenvalue weighted by atomic mass is 31.0. The number of nitriles is 3. The zero-order valence-corrected chi connectivity index (χ0v) is 22.0. The molecule has 1 unspecified atom stereocenters. The first-order valence-corrected chi connectivity index (χ1v) is 11.3. The highest BCUT2D eigenvalue weighted by Gasteiger charge is 2.37. The SMILES string of the molecule is Cc1ccc([B-](c2ccccc2)(c2ccccc2)c2ccccc2)cc1C(C#N)(C#N)CC#N.[PH4+]. The molecule has 4 aromatic rings. The lowest BCUT2D eigenvalue weighted by atomic mass is 9.13. The molecule has 0 fully saturated rings. The van der Waals surface area contributed by atoms with Crippen LogP contribution in [0.15, 0.2) is 109 Å². The van der Waals surface area contributed by atoms with Gasteiger partial charge in [-0.15, -0.1) is 0 Å². The lowest BCUT2D eigenvalue weighted by molar-refractivity contribution is 0.716. The lowest BCUT2D eigenvalue weighted by Gasteiger charge is -2.45. The summed E-state index contributed by atoms with van der Waals surface area (Å²) < 4.78 is 0. The molecule has 4 aromatic carbocycles. The van der Waals surface area contributed by atoms with Crippen molar-refractivity contribution in [1.82, 2.24) is 0 Å². The van der Waals surface area contributed by atoms with Gasteiger partial charge in [-0.2, -0.15) is 37.6 Å². The maximum Gasteiger partial charge on any atom is 0.181 e. The second kappa shape index (κ2) is 10.8. The van der Waals surface area contributed by atoms with Gasteiger partial charge in [0, 0.05) is 0 Å². The van der Waals surface area contributed by atoms with Crippen molar-refractivity contribution in [2.75, 3.05) is 0 Å². The van der Waals surface area contributed by atoms with Crippen LogP contribution in [0.2, 0.25) is 0 Å². The molecule has 0 N–H and O–H groups in total. The summed E-state index contributed by atoms with van der Waals surface area (Å²) in [4.78, 5) is 0. The van der Waals surface area contributed by atoms with Crippen molar-refractivity contribution in [3.63, 3.8) is 0 Å². The van der Waals surface area contributed by atoms with Crippen molar-refractivity contribution in [1.29, 1.82) is 15.8 Å². The standard InChI is InChI=1S/C30H23BN3.H3P/c1-24-17-18-28(21-29(24)30(22-33,23-34)19-20-32)31(25-11-5-2-6-12-25,26-13-7-3-8-14-26)27-15-9-4-10-16-27;/h2-18,21H,19H2,1H3;1H3/q-1;/p+1. The minimum absolute atomic E-state index is 0. The van der Waals surface area contributed by atoms with Gasteiger partial charge in [0.25, 0.3) is 0 Å². The molecule has 3 nitrogen and oxygen atoms in total. The highest BCUT2D eigenvalue weighted by molar-refractivity contribution is 7.19. The topological polar surface area (TPSA) is 71.4 Å². The maximum atomic E-state index is 10.0. The molecular weight excluding hydrogens is 444 g/mol. The molecule has 0 radical (unpaired) electrons. The van der Waals surface area contributed by atoms with Gasteiger partial charge in [0.1, 0.15) is 6.15 Å². The molecule has 0 spiro atoms. The van der Waals surface area contributed by atoms with Crippen LogP contribution in [-0.2, 0) is 5.41 Å². The minimum Gasteiger partial charge on any atom is -0.198 e. The predicted octanol–water partition coefficient (Wildman–Crippen LogP) is 3.36. The first-order chi connectivity index (χ1) is 16.6. The summed E-state index contributed by atoms with van der Waals surface area (Å²) in [5.74, 6) is 0. The van der Waals surface area contributed by atoms with Gasteiger partial charge in [-0.05, 0) is 27.9 Å². The molecule has 0 bridgehead atoms. The molecule has 1 atom stereocenters. The average molecular weight is 471 g/mol. The maximum absolute atomic E-state index is 10.0. The fraction of sp³-hybridized carbons (Fsp3) is 0.100. The first kappa shape index (κ1) is 25.5. The van der Waals surface area contributed by atoms with Crippen molar-refractivity contribution in [3.8, 4) is 18.2 Å². The van der Waals surface area contributed by atoms with E-state index in [1.165, 1.54) is 0 Å². The number of aryl methyl sites for hydroxylation is 1. The van der Waals surface area contributed by atoms with Crippen molar-refractivity contribution >= 4 is 37.9 Å². The third-order valence-corrected chi connectivity index (χ3v) is 6.85. The number of nitrogens with zero attached hydrogens (tertiary/aromatic N) is 3. The van der Waals surface area contributed by atoms with Gasteiger partial charge in [-0.3, -0.25) is 0 Å². The summed E-state index contributed by atoms with van der Waals surface area (Å²) >= 11 is 0. The predicted molar refractivity (Wildman–Crippen MR) is 150 cm³/mol. The van der Waals surface area contributed by atoms with E-state index in [1.807, 2.05) is 79.7 Å². The van der Waals surface area contributed by atoms with E-state index in [0.717, 1.165) is 27.4 Å². The van der Waals surface area contributed by atoms with E-state index < -0.39 is 11.6 Å². The van der Waals surface area contributed by atoms with Crippen molar-refractivity contribution in [2.24, 2.45) is 0 Å². The Morgan fingerprint density at radius 3 is 1.43 bits per heavy atom. The van der Waals surface area contributed by atoms with Crippen LogP contribution in [0.3, 0.4) is 0 Å². The molecule has 0 aromatic heterocycles. The number of hydrogen-bond donors (Lipinski definition) is 0. The summed E-state index contributed by atoms with van der Waals surface area (Å²) in [7, 11) is 0. The molecule has 0 aliphatic carbocycles. The Hall–Kier alpha value is -4.16. The molecule has 0 aliphatic heterocycles. The summed E-state index contributed by atoms with van der Waals surface area (Å²) in [6.45, 7) is 1.89. The van der Waals surface area contributed by atoms with E-state index in [1.54, 1.807) is 0 Å². The Morgan fingerprint density at radius 2 is 1.06 bits per heavy atom. The first-order valence-electron chi connectivity index (χ1n) is 11.3. The Kier molecular flexibility index (Phi) is 7.89. The smallest absolute Gasteiger partial charge is 0.181 e. The summed E-state index contributed by atoms with van der Waals surface area (Å²) in [5, 5.41) is 29.5. The van der Waals surface area contributed by atoms with E-state index in [9.17, 15) is 15.8 Å². The van der Waals surface area contributed by atoms with E-state index in [2.05, 4.69) is 54.6 Å². The van der Waals surface area contributed by atoms with Gasteiger partial charge in [-0.1, -0.05) is 109 Å². The number of rotatable bonds is 6. The van der Waals surface area contributed by atoms with Crippen LogP contribution >= 0.6 is 9.90 Å². The van der Waals surface area contributed by atoms with Gasteiger partial charge in [-0.25, -0.2) is 0 Å². The van der Waals surface area contributed by atoms with E-state index in [0.29, 0.717) is 5.56 Å². The van der Waals surface area contributed by atoms with E-state index in [-0.39, 0.29) is 16.3 Å². The van der Waals surface area contributed by atoms with Gasteiger partial charge in [0.15, 0.2) is 5.41 Å². The molecular formula is C30H27BN3P. The van der Waals surface area contributed by atoms with Crippen LogP contribution in [0.5, 0.6) is 0 Å². The Labute approximate surface area is 210 Å². The molecule has 4 rings (SSSR count). The van der Waals surface area contributed by atoms with Gasteiger partial charge < -0.3 is 0 Å². The Morgan fingerprint density at radius 1 is 0.629 bits per heavy atom. The Bertz CT molecular complexity index is 1310. The largest absolute Gasteiger partial charge is 0.198 e. The van der Waals surface area contributed by atoms with Crippen LogP contribution in [-0.4, -0.2) is 6.15 Å². The highest BCUT2D eigenvalue weighted by Crippen LogP contribution is 2.29. The molecule has 0 heterocycles. The molecule has 0 saturated carbocycles. The monoisotopic (exact) mass is 471 g/mol. The molecule has 0 aliphatic rings. The van der Waals surface area contributed by atoms with Gasteiger partial charge >= 0.3 is 0 Å². The summed E-state index contributed by atoms with van der Waals surface area (Å²) in [6, 6.07) is 43.4. The van der Waals surface area contributed by atoms with Crippen molar-refractivity contribution in [3.05, 3.63) is 120 Å². The molecule has 5 heteroatoms. The fourth-order valence-corrected chi connectivity index (χ4v) is 5.19. The third kappa shape index (κ3) is 4.36. The second-order valence-electron chi connectivity index (χ2n) is 8.64. The molecule has 0 amide bonds. The zero-order valence-electron chi connectivity index (χ0n) is 20.0. The van der Waals surface area contributed by atoms with Crippen LogP contribution in [0, 0.1) is 40.9 Å². The van der Waals surface area contributed by atoms with E-state index >= 15 is 0 Å². The second-order valence-corrected chi connectivity index (χ2v) is 8.64. The van der Waals surface area contributed by atoms with Gasteiger partial charge in [0.2, 0.25) is 0 Å². The number of benzene rings is 4. The normalized spacial score (nSPS) is 10.8. The lowest BCUT2D eigenvalue weighted by Crippen LogP contribution is -2.74. The Balaban J connectivity index is 0.00000342. The average Bonchev–Trinajstić information content (AvgIpc) is 2.91. The van der Waals surface area contributed by atoms with Crippen LogP contribution in [0.25, 0.3) is 0 Å². The van der Waals surface area contributed by atoms with Crippen LogP contribution < -0.4 is 21.9 Å². The third-order valence-electron chi connectivity index (χ3n) is 6.85. The minimum atomic E-state index is -1.63. The molecule has 170 valence electrons. The summed E-state index contributed by atoms with van der Waals surface area (Å²) in [5.41, 5.74) is 4.28.